The zero-order valence-electron chi connectivity index (χ0n) is 22.6. The molecule has 0 fully saturated rings. The number of halogens is 1. The Balaban J connectivity index is 0.000000429. The predicted octanol–water partition coefficient (Wildman–Crippen LogP) is 4.89. The lowest BCUT2D eigenvalue weighted by atomic mass is 9.85. The van der Waals surface area contributed by atoms with Crippen LogP contribution in [-0.4, -0.2) is 32.3 Å². The quantitative estimate of drug-likeness (QED) is 0.352. The summed E-state index contributed by atoms with van der Waals surface area (Å²) in [6, 6.07) is 3.13. The van der Waals surface area contributed by atoms with Gasteiger partial charge in [0.05, 0.1) is 29.0 Å². The predicted molar refractivity (Wildman–Crippen MR) is 142 cm³/mol. The number of hydrogen-bond acceptors (Lipinski definition) is 6. The van der Waals surface area contributed by atoms with Crippen molar-refractivity contribution in [2.45, 2.75) is 86.5 Å². The van der Waals surface area contributed by atoms with Gasteiger partial charge in [-0.05, 0) is 55.4 Å². The van der Waals surface area contributed by atoms with Crippen LogP contribution in [0.25, 0.3) is 22.3 Å². The normalized spacial score (nSPS) is 16.0. The Morgan fingerprint density at radius 1 is 1.08 bits per heavy atom. The van der Waals surface area contributed by atoms with Crippen molar-refractivity contribution >= 4 is 16.9 Å². The van der Waals surface area contributed by atoms with Gasteiger partial charge in [-0.3, -0.25) is 4.79 Å². The maximum absolute atomic E-state index is 14.5. The van der Waals surface area contributed by atoms with E-state index in [1.807, 2.05) is 34.6 Å². The van der Waals surface area contributed by atoms with Crippen LogP contribution in [0.3, 0.4) is 0 Å². The van der Waals surface area contributed by atoms with E-state index in [-0.39, 0.29) is 23.5 Å². The number of aliphatic hydroxyl groups is 2. The number of fused-ring (bicyclic) bond motifs is 5. The minimum Gasteiger partial charge on any atom is -0.458 e. The number of pyridine rings is 2. The maximum atomic E-state index is 14.5. The molecule has 6 rings (SSSR count). The molecule has 1 aromatic carbocycles. The van der Waals surface area contributed by atoms with Crippen molar-refractivity contribution in [2.75, 3.05) is 6.61 Å². The van der Waals surface area contributed by atoms with Crippen LogP contribution in [0, 0.1) is 12.7 Å². The first-order valence-electron chi connectivity index (χ1n) is 13.2. The van der Waals surface area contributed by atoms with Gasteiger partial charge in [0.2, 0.25) is 0 Å². The molecule has 200 valence electrons. The summed E-state index contributed by atoms with van der Waals surface area (Å²) in [6.07, 6.45) is 1.99. The van der Waals surface area contributed by atoms with Gasteiger partial charge in [0.1, 0.15) is 12.4 Å². The molecule has 2 aromatic heterocycles. The van der Waals surface area contributed by atoms with Crippen LogP contribution in [0.4, 0.5) is 4.39 Å². The molecule has 1 aliphatic carbocycles. The summed E-state index contributed by atoms with van der Waals surface area (Å²) >= 11 is 0. The fourth-order valence-corrected chi connectivity index (χ4v) is 5.06. The van der Waals surface area contributed by atoms with E-state index in [0.717, 1.165) is 47.8 Å². The topological polar surface area (TPSA) is 102 Å². The minimum absolute atomic E-state index is 0.141. The van der Waals surface area contributed by atoms with Crippen molar-refractivity contribution in [3.63, 3.8) is 0 Å². The second kappa shape index (κ2) is 12.0. The van der Waals surface area contributed by atoms with Crippen molar-refractivity contribution in [2.24, 2.45) is 0 Å². The monoisotopic (exact) mass is 512 g/mol. The molecule has 8 heteroatoms. The molecule has 0 saturated heterocycles. The molecule has 0 bridgehead atoms. The number of hydrogen-bond donors (Lipinski definition) is 2. The number of carbonyl (C=O) groups is 1. The van der Waals surface area contributed by atoms with Crippen LogP contribution < -0.4 is 5.56 Å². The van der Waals surface area contributed by atoms with Gasteiger partial charge in [-0.2, -0.15) is 0 Å². The van der Waals surface area contributed by atoms with Gasteiger partial charge in [0.15, 0.2) is 6.10 Å². The van der Waals surface area contributed by atoms with E-state index in [4.69, 9.17) is 14.8 Å². The Morgan fingerprint density at radius 3 is 2.38 bits per heavy atom. The molecule has 4 heterocycles. The molecule has 2 aliphatic heterocycles. The number of rotatable bonds is 1. The molecule has 3 aliphatic rings. The lowest BCUT2D eigenvalue weighted by Gasteiger charge is -2.22. The first-order chi connectivity index (χ1) is 17.9. The third kappa shape index (κ3) is 4.80. The second-order valence-corrected chi connectivity index (χ2v) is 8.72. The fourth-order valence-electron chi connectivity index (χ4n) is 5.06. The van der Waals surface area contributed by atoms with Crippen LogP contribution in [0.15, 0.2) is 16.9 Å². The smallest absolute Gasteiger partial charge is 0.340 e. The third-order valence-corrected chi connectivity index (χ3v) is 6.76. The molecule has 7 nitrogen and oxygen atoms in total. The Kier molecular flexibility index (Phi) is 9.21. The molecule has 0 radical (unpaired) electrons. The highest BCUT2D eigenvalue weighted by molar-refractivity contribution is 5.92. The van der Waals surface area contributed by atoms with Gasteiger partial charge in [-0.25, -0.2) is 14.2 Å². The highest BCUT2D eigenvalue weighted by Gasteiger charge is 2.35. The number of cyclic esters (lactones) is 1. The molecule has 0 saturated carbocycles. The Morgan fingerprint density at radius 2 is 1.73 bits per heavy atom. The van der Waals surface area contributed by atoms with Crippen LogP contribution in [-0.2, 0) is 35.5 Å². The van der Waals surface area contributed by atoms with Crippen LogP contribution in [0.2, 0.25) is 0 Å². The van der Waals surface area contributed by atoms with E-state index in [0.29, 0.717) is 41.2 Å². The molecule has 37 heavy (non-hydrogen) atoms. The van der Waals surface area contributed by atoms with Gasteiger partial charge in [0, 0.05) is 29.2 Å². The summed E-state index contributed by atoms with van der Waals surface area (Å²) in [4.78, 5) is 29.6. The SMILES string of the molecule is CC.CC.CCCO.Cc1c(F)cc2nc3c(c4c2c1CCC4)Cn1c-3cc2c(c1=O)COC(=O)C2O. The highest BCUT2D eigenvalue weighted by Crippen LogP contribution is 2.41. The van der Waals surface area contributed by atoms with E-state index in [2.05, 4.69) is 0 Å². The number of aryl methyl sites for hydroxylation is 2. The highest BCUT2D eigenvalue weighted by atomic mass is 19.1. The summed E-state index contributed by atoms with van der Waals surface area (Å²) in [5, 5.41) is 19.1. The molecule has 1 atom stereocenters. The standard InChI is InChI=1S/C22H17FN2O4.C3H8O.2C2H6/c1-9-10-3-2-4-11-13-7-25-17(19(13)24-16(18(10)11)6-15(9)23)5-12-14(21(25)27)8-29-22(28)20(12)26;1-2-3-4;2*1-2/h5-6,20,26H,2-4,7-8H2,1H3;4H,2-3H2,1H3;2*1-2H3. The largest absolute Gasteiger partial charge is 0.458 e. The van der Waals surface area contributed by atoms with Gasteiger partial charge in [-0.1, -0.05) is 34.6 Å². The van der Waals surface area contributed by atoms with Gasteiger partial charge in [0.25, 0.3) is 5.56 Å². The van der Waals surface area contributed by atoms with Gasteiger partial charge < -0.3 is 19.5 Å². The molecular weight excluding hydrogens is 475 g/mol. The Labute approximate surface area is 216 Å². The second-order valence-electron chi connectivity index (χ2n) is 8.72. The van der Waals surface area contributed by atoms with Crippen LogP contribution >= 0.6 is 0 Å². The van der Waals surface area contributed by atoms with Crippen molar-refractivity contribution in [1.82, 2.24) is 9.55 Å². The summed E-state index contributed by atoms with van der Waals surface area (Å²) in [7, 11) is 0. The van der Waals surface area contributed by atoms with Crippen molar-refractivity contribution < 1.29 is 24.1 Å². The lowest BCUT2D eigenvalue weighted by molar-refractivity contribution is -0.157. The number of ether oxygens (including phenoxy) is 1. The van der Waals surface area contributed by atoms with Crippen LogP contribution in [0.5, 0.6) is 0 Å². The van der Waals surface area contributed by atoms with Crippen molar-refractivity contribution in [3.8, 4) is 11.4 Å². The summed E-state index contributed by atoms with van der Waals surface area (Å²) in [5.74, 6) is -1.03. The number of nitrogens with zero attached hydrogens (tertiary/aromatic N) is 2. The zero-order valence-corrected chi connectivity index (χ0v) is 22.6. The maximum Gasteiger partial charge on any atom is 0.340 e. The molecule has 0 amide bonds. The first-order valence-corrected chi connectivity index (χ1v) is 13.2. The number of esters is 1. The summed E-state index contributed by atoms with van der Waals surface area (Å²) in [6.45, 7) is 12.3. The van der Waals surface area contributed by atoms with Crippen molar-refractivity contribution in [1.29, 1.82) is 0 Å². The van der Waals surface area contributed by atoms with E-state index in [9.17, 15) is 19.1 Å². The minimum atomic E-state index is -1.48. The lowest BCUT2D eigenvalue weighted by Crippen LogP contribution is -2.32. The molecule has 3 aromatic rings. The van der Waals surface area contributed by atoms with E-state index >= 15 is 0 Å². The summed E-state index contributed by atoms with van der Waals surface area (Å²) in [5.41, 5.74) is 5.86. The van der Waals surface area contributed by atoms with Gasteiger partial charge in [-0.15, -0.1) is 0 Å². The number of carbonyl (C=O) groups excluding carboxylic acids is 1. The molecule has 1 unspecified atom stereocenters. The molecule has 2 N–H and O–H groups in total. The van der Waals surface area contributed by atoms with E-state index < -0.39 is 12.1 Å². The molecule has 0 spiro atoms. The Hall–Kier alpha value is -3.10. The zero-order chi connectivity index (χ0) is 27.4. The van der Waals surface area contributed by atoms with E-state index in [1.165, 1.54) is 6.07 Å². The number of benzene rings is 1. The number of aliphatic hydroxyl groups excluding tert-OH is 2. The fraction of sp³-hybridized carbons (Fsp3) is 0.483. The molecular formula is C29H37FN2O5. The van der Waals surface area contributed by atoms with Crippen molar-refractivity contribution in [3.05, 3.63) is 61.7 Å². The van der Waals surface area contributed by atoms with E-state index in [1.54, 1.807) is 17.6 Å². The number of aromatic nitrogens is 2. The first kappa shape index (κ1) is 28.5. The third-order valence-electron chi connectivity index (χ3n) is 6.76. The Bertz CT molecular complexity index is 1380. The average Bonchev–Trinajstić information content (AvgIpc) is 3.31. The average molecular weight is 513 g/mol. The van der Waals surface area contributed by atoms with Gasteiger partial charge >= 0.3 is 5.97 Å². The van der Waals surface area contributed by atoms with Crippen LogP contribution in [0.1, 0.15) is 86.9 Å². The summed E-state index contributed by atoms with van der Waals surface area (Å²) < 4.78 is 21.1.